The molecule has 0 aliphatic heterocycles. The van der Waals surface area contributed by atoms with E-state index in [2.05, 4.69) is 168 Å². The van der Waals surface area contributed by atoms with Crippen molar-refractivity contribution in [2.45, 2.75) is 0 Å². The highest BCUT2D eigenvalue weighted by Crippen LogP contribution is 2.46. The molecule has 0 fully saturated rings. The Morgan fingerprint density at radius 2 is 0.898 bits per heavy atom. The zero-order chi connectivity index (χ0) is 39.1. The molecule has 0 unspecified atom stereocenters. The first-order chi connectivity index (χ1) is 29.2. The first-order valence-corrected chi connectivity index (χ1v) is 20.5. The van der Waals surface area contributed by atoms with Crippen LogP contribution in [0.15, 0.2) is 207 Å². The minimum Gasteiger partial charge on any atom is -0.255 e. The lowest BCUT2D eigenvalue weighted by Gasteiger charge is -2.13. The monoisotopic (exact) mass is 770 g/mol. The van der Waals surface area contributed by atoms with E-state index in [-0.39, 0.29) is 0 Å². The summed E-state index contributed by atoms with van der Waals surface area (Å²) in [4.78, 5) is 19.7. The van der Waals surface area contributed by atoms with E-state index >= 15 is 0 Å². The molecular formula is C54H34N4S. The number of fused-ring (bicyclic) bond motifs is 5. The van der Waals surface area contributed by atoms with Gasteiger partial charge in [-0.1, -0.05) is 133 Å². The fourth-order valence-electron chi connectivity index (χ4n) is 8.15. The van der Waals surface area contributed by atoms with Gasteiger partial charge in [-0.05, 0) is 105 Å². The van der Waals surface area contributed by atoms with E-state index in [0.29, 0.717) is 0 Å². The van der Waals surface area contributed by atoms with Crippen LogP contribution in [-0.2, 0) is 0 Å². The molecule has 0 bridgehead atoms. The molecule has 276 valence electrons. The number of aromatic nitrogens is 4. The average Bonchev–Trinajstić information content (AvgIpc) is 3.72. The van der Waals surface area contributed by atoms with Gasteiger partial charge in [0.15, 0.2) is 0 Å². The zero-order valence-corrected chi connectivity index (χ0v) is 32.6. The molecule has 11 rings (SSSR count). The maximum atomic E-state index is 5.49. The van der Waals surface area contributed by atoms with Crippen LogP contribution < -0.4 is 0 Å². The van der Waals surface area contributed by atoms with Crippen LogP contribution in [0.4, 0.5) is 0 Å². The number of hydrogen-bond acceptors (Lipinski definition) is 5. The molecule has 11 aromatic rings. The summed E-state index contributed by atoms with van der Waals surface area (Å²) in [6.07, 6.45) is 3.61. The van der Waals surface area contributed by atoms with E-state index < -0.39 is 0 Å². The van der Waals surface area contributed by atoms with Gasteiger partial charge in [0.1, 0.15) is 0 Å². The molecule has 4 nitrogen and oxygen atoms in total. The van der Waals surface area contributed by atoms with Crippen molar-refractivity contribution >= 4 is 42.4 Å². The fraction of sp³-hybridized carbons (Fsp3) is 0. The van der Waals surface area contributed by atoms with Gasteiger partial charge in [-0.25, -0.2) is 9.97 Å². The summed E-state index contributed by atoms with van der Waals surface area (Å²) < 4.78 is 2.45. The molecular weight excluding hydrogens is 737 g/mol. The third-order valence-electron chi connectivity index (χ3n) is 11.0. The normalized spacial score (nSPS) is 11.4. The highest BCUT2D eigenvalue weighted by molar-refractivity contribution is 7.26. The van der Waals surface area contributed by atoms with Gasteiger partial charge in [0.25, 0.3) is 0 Å². The Hall–Kier alpha value is -7.60. The van der Waals surface area contributed by atoms with Crippen molar-refractivity contribution in [1.82, 2.24) is 19.9 Å². The molecule has 0 saturated heterocycles. The van der Waals surface area contributed by atoms with Crippen molar-refractivity contribution in [3.8, 4) is 78.5 Å². The Bertz CT molecular complexity index is 3250. The molecule has 5 heterocycles. The smallest absolute Gasteiger partial charge is 0.0900 e. The van der Waals surface area contributed by atoms with Crippen LogP contribution >= 0.6 is 11.3 Å². The number of hydrogen-bond donors (Lipinski definition) is 0. The summed E-state index contributed by atoms with van der Waals surface area (Å²) >= 11 is 1.82. The van der Waals surface area contributed by atoms with Crippen LogP contribution in [-0.4, -0.2) is 19.9 Å². The zero-order valence-electron chi connectivity index (χ0n) is 31.8. The number of rotatable bonds is 7. The predicted octanol–water partition coefficient (Wildman–Crippen LogP) is 14.5. The maximum absolute atomic E-state index is 5.49. The number of thiophene rings is 1. The van der Waals surface area contributed by atoms with E-state index in [0.717, 1.165) is 61.8 Å². The van der Waals surface area contributed by atoms with Gasteiger partial charge in [-0.3, -0.25) is 9.97 Å². The van der Waals surface area contributed by atoms with E-state index in [1.165, 1.54) is 47.8 Å². The van der Waals surface area contributed by atoms with Gasteiger partial charge in [0, 0.05) is 38.8 Å². The highest BCUT2D eigenvalue weighted by atomic mass is 32.1. The second-order valence-corrected chi connectivity index (χ2v) is 15.7. The van der Waals surface area contributed by atoms with Crippen molar-refractivity contribution in [1.29, 1.82) is 0 Å². The SMILES string of the molecule is c1ccc(-c2ccc(-c3cccc4nc(-c5cccc(-c6cccc(-c7cc(-c8ccccn8)nc(-c8ccccn8)c7)c6)c5)c5sc6ccccc6c5c34)cc2)cc1. The summed E-state index contributed by atoms with van der Waals surface area (Å²) in [5.74, 6) is 0. The third-order valence-corrected chi connectivity index (χ3v) is 12.2. The minimum atomic E-state index is 0.804. The van der Waals surface area contributed by atoms with Crippen LogP contribution in [0.3, 0.4) is 0 Å². The molecule has 5 aromatic heterocycles. The molecule has 6 aromatic carbocycles. The first-order valence-electron chi connectivity index (χ1n) is 19.7. The maximum Gasteiger partial charge on any atom is 0.0900 e. The second-order valence-electron chi connectivity index (χ2n) is 14.6. The van der Waals surface area contributed by atoms with Gasteiger partial charge < -0.3 is 0 Å². The van der Waals surface area contributed by atoms with Crippen LogP contribution in [0, 0.1) is 0 Å². The van der Waals surface area contributed by atoms with Gasteiger partial charge in [-0.2, -0.15) is 0 Å². The van der Waals surface area contributed by atoms with Gasteiger partial charge in [0.2, 0.25) is 0 Å². The Kier molecular flexibility index (Phi) is 8.64. The van der Waals surface area contributed by atoms with E-state index in [1.54, 1.807) is 12.4 Å². The molecule has 0 radical (unpaired) electrons. The Labute approximate surface area is 345 Å². The van der Waals surface area contributed by atoms with Gasteiger partial charge >= 0.3 is 0 Å². The highest BCUT2D eigenvalue weighted by Gasteiger charge is 2.19. The lowest BCUT2D eigenvalue weighted by Crippen LogP contribution is -1.94. The molecule has 0 spiro atoms. The van der Waals surface area contributed by atoms with Crippen molar-refractivity contribution in [3.05, 3.63) is 207 Å². The molecule has 0 N–H and O–H groups in total. The summed E-state index contributed by atoms with van der Waals surface area (Å²) in [6, 6.07) is 68.4. The first kappa shape index (κ1) is 34.6. The molecule has 0 saturated carbocycles. The molecule has 0 amide bonds. The van der Waals surface area contributed by atoms with Crippen molar-refractivity contribution in [3.63, 3.8) is 0 Å². The van der Waals surface area contributed by atoms with Crippen LogP contribution in [0.2, 0.25) is 0 Å². The van der Waals surface area contributed by atoms with E-state index in [9.17, 15) is 0 Å². The van der Waals surface area contributed by atoms with Crippen molar-refractivity contribution < 1.29 is 0 Å². The molecule has 59 heavy (non-hydrogen) atoms. The molecule has 0 aliphatic carbocycles. The number of pyridine rings is 4. The lowest BCUT2D eigenvalue weighted by atomic mass is 9.93. The largest absolute Gasteiger partial charge is 0.255 e. The predicted molar refractivity (Wildman–Crippen MR) is 246 cm³/mol. The standard InChI is InChI=1S/C54H34N4S/c1-2-13-35(14-3-1)36-25-27-37(28-26-36)43-20-12-23-47-51(43)52-44-19-4-5-24-50(44)59-54(52)53(58-47)41-18-11-16-39(32-41)38-15-10-17-40(31-38)42-33-48(45-21-6-8-29-55-45)57-49(34-42)46-22-7-9-30-56-46/h1-34H. The van der Waals surface area contributed by atoms with Crippen molar-refractivity contribution in [2.75, 3.05) is 0 Å². The van der Waals surface area contributed by atoms with Crippen LogP contribution in [0.5, 0.6) is 0 Å². The Morgan fingerprint density at radius 3 is 1.59 bits per heavy atom. The van der Waals surface area contributed by atoms with E-state index in [1.807, 2.05) is 47.7 Å². The molecule has 0 aliphatic rings. The summed E-state index contributed by atoms with van der Waals surface area (Å²) in [7, 11) is 0. The lowest BCUT2D eigenvalue weighted by molar-refractivity contribution is 1.22. The Morgan fingerprint density at radius 1 is 0.339 bits per heavy atom. The number of benzene rings is 6. The van der Waals surface area contributed by atoms with Gasteiger partial charge in [-0.15, -0.1) is 11.3 Å². The molecule has 0 atom stereocenters. The molecule has 5 heteroatoms. The quantitative estimate of drug-likeness (QED) is 0.162. The van der Waals surface area contributed by atoms with Crippen LogP contribution in [0.1, 0.15) is 0 Å². The van der Waals surface area contributed by atoms with Crippen LogP contribution in [0.25, 0.3) is 110 Å². The summed E-state index contributed by atoms with van der Waals surface area (Å²) in [5.41, 5.74) is 15.5. The topological polar surface area (TPSA) is 51.6 Å². The van der Waals surface area contributed by atoms with Gasteiger partial charge in [0.05, 0.1) is 38.7 Å². The summed E-state index contributed by atoms with van der Waals surface area (Å²) in [5, 5.41) is 3.70. The number of nitrogens with zero attached hydrogens (tertiary/aromatic N) is 4. The second kappa shape index (κ2) is 14.7. The fourth-order valence-corrected chi connectivity index (χ4v) is 9.37. The Balaban J connectivity index is 1.03. The third kappa shape index (κ3) is 6.44. The van der Waals surface area contributed by atoms with Crippen molar-refractivity contribution in [2.24, 2.45) is 0 Å². The summed E-state index contributed by atoms with van der Waals surface area (Å²) in [6.45, 7) is 0. The average molecular weight is 771 g/mol. The van der Waals surface area contributed by atoms with E-state index in [4.69, 9.17) is 9.97 Å². The minimum absolute atomic E-state index is 0.804.